The Morgan fingerprint density at radius 1 is 1.02 bits per heavy atom. The molecule has 1 saturated carbocycles. The summed E-state index contributed by atoms with van der Waals surface area (Å²) in [4.78, 5) is 18.9. The van der Waals surface area contributed by atoms with Gasteiger partial charge in [0.15, 0.2) is 0 Å². The molecule has 10 nitrogen and oxygen atoms in total. The number of fused-ring (bicyclic) bond motifs is 1. The van der Waals surface area contributed by atoms with Gasteiger partial charge in [-0.3, -0.25) is 9.78 Å². The lowest BCUT2D eigenvalue weighted by Crippen LogP contribution is -2.58. The predicted molar refractivity (Wildman–Crippen MR) is 175 cm³/mol. The van der Waals surface area contributed by atoms with Crippen molar-refractivity contribution in [3.05, 3.63) is 113 Å². The van der Waals surface area contributed by atoms with Gasteiger partial charge in [0.05, 0.1) is 71.5 Å². The lowest BCUT2D eigenvalue weighted by Gasteiger charge is -2.38. The number of alkyl halides is 2. The fourth-order valence-corrected chi connectivity index (χ4v) is 6.11. The van der Waals surface area contributed by atoms with Crippen LogP contribution in [0, 0.1) is 22.7 Å². The average Bonchev–Trinajstić information content (AvgIpc) is 3.84. The summed E-state index contributed by atoms with van der Waals surface area (Å²) < 4.78 is 29.0. The second kappa shape index (κ2) is 12.4. The van der Waals surface area contributed by atoms with Crippen LogP contribution in [0.15, 0.2) is 79.1 Å². The van der Waals surface area contributed by atoms with Crippen molar-refractivity contribution in [2.45, 2.75) is 50.2 Å². The first kappa shape index (κ1) is 30.8. The molecule has 240 valence electrons. The van der Waals surface area contributed by atoms with E-state index in [4.69, 9.17) is 0 Å². The van der Waals surface area contributed by atoms with Crippen molar-refractivity contribution < 1.29 is 13.6 Å². The molecule has 0 spiro atoms. The first-order valence-electron chi connectivity index (χ1n) is 15.8. The molecule has 1 aliphatic carbocycles. The van der Waals surface area contributed by atoms with Crippen LogP contribution in [0.2, 0.25) is 0 Å². The highest BCUT2D eigenvalue weighted by molar-refractivity contribution is 6.01. The van der Waals surface area contributed by atoms with Gasteiger partial charge in [0, 0.05) is 17.1 Å². The number of likely N-dealkylation sites (tertiary alicyclic amines) is 1. The minimum Gasteiger partial charge on any atom is -0.377 e. The van der Waals surface area contributed by atoms with Crippen molar-refractivity contribution in [3.8, 4) is 12.1 Å². The number of carbonyl (C=O) groups is 1. The molecule has 2 N–H and O–H groups in total. The normalized spacial score (nSPS) is 16.3. The number of aromatic nitrogens is 4. The number of hydrogen-bond acceptors (Lipinski definition) is 8. The number of carbonyl (C=O) groups excluding carboxylic acids is 1. The number of halogens is 2. The van der Waals surface area contributed by atoms with E-state index >= 15 is 0 Å². The second-order valence-electron chi connectivity index (χ2n) is 12.3. The van der Waals surface area contributed by atoms with Crippen molar-refractivity contribution in [1.82, 2.24) is 24.9 Å². The Morgan fingerprint density at radius 2 is 1.79 bits per heavy atom. The lowest BCUT2D eigenvalue weighted by atomic mass is 9.98. The maximum absolute atomic E-state index is 13.6. The van der Waals surface area contributed by atoms with Crippen LogP contribution < -0.4 is 10.6 Å². The van der Waals surface area contributed by atoms with Crippen molar-refractivity contribution in [3.63, 3.8) is 0 Å². The molecule has 5 aromatic rings. The maximum atomic E-state index is 13.6. The predicted octanol–water partition coefficient (Wildman–Crippen LogP) is 6.76. The summed E-state index contributed by atoms with van der Waals surface area (Å²) in [5, 5.41) is 36.7. The zero-order valence-corrected chi connectivity index (χ0v) is 26.1. The number of nitriles is 2. The van der Waals surface area contributed by atoms with Gasteiger partial charge in [-0.1, -0.05) is 54.6 Å². The van der Waals surface area contributed by atoms with E-state index in [0.717, 1.165) is 29.7 Å². The number of hydrogen-bond donors (Lipinski definition) is 2. The molecule has 2 fully saturated rings. The molecule has 3 heterocycles. The summed E-state index contributed by atoms with van der Waals surface area (Å²) in [5.74, 6) is -3.36. The van der Waals surface area contributed by atoms with Crippen LogP contribution in [0.4, 0.5) is 20.2 Å². The summed E-state index contributed by atoms with van der Waals surface area (Å²) in [6.45, 7) is 0.826. The Bertz CT molecular complexity index is 2090. The topological polar surface area (TPSA) is 136 Å². The summed E-state index contributed by atoms with van der Waals surface area (Å²) in [7, 11) is 0. The molecule has 3 aromatic carbocycles. The van der Waals surface area contributed by atoms with Crippen LogP contribution in [0.1, 0.15) is 82.6 Å². The third-order valence-electron chi connectivity index (χ3n) is 8.79. The van der Waals surface area contributed by atoms with Crippen LogP contribution >= 0.6 is 0 Å². The van der Waals surface area contributed by atoms with E-state index in [1.165, 1.54) is 6.20 Å². The molecule has 48 heavy (non-hydrogen) atoms. The van der Waals surface area contributed by atoms with Crippen LogP contribution in [0.3, 0.4) is 0 Å². The van der Waals surface area contributed by atoms with E-state index in [1.54, 1.807) is 30.3 Å². The Morgan fingerprint density at radius 3 is 2.48 bits per heavy atom. The molecule has 2 atom stereocenters. The van der Waals surface area contributed by atoms with Gasteiger partial charge in [0.1, 0.15) is 11.8 Å². The largest absolute Gasteiger partial charge is 0.377 e. The lowest BCUT2D eigenvalue weighted by molar-refractivity contribution is -0.113. The van der Waals surface area contributed by atoms with Crippen molar-refractivity contribution in [2.24, 2.45) is 0 Å². The third-order valence-corrected chi connectivity index (χ3v) is 8.79. The van der Waals surface area contributed by atoms with Gasteiger partial charge >= 0.3 is 0 Å². The van der Waals surface area contributed by atoms with E-state index in [9.17, 15) is 24.1 Å². The number of benzene rings is 3. The van der Waals surface area contributed by atoms with E-state index in [2.05, 4.69) is 45.0 Å². The highest BCUT2D eigenvalue weighted by Gasteiger charge is 2.46. The average molecular weight is 644 g/mol. The molecular weight excluding hydrogens is 612 g/mol. The van der Waals surface area contributed by atoms with Gasteiger partial charge in [0.25, 0.3) is 11.8 Å². The monoisotopic (exact) mass is 643 g/mol. The molecule has 0 unspecified atom stereocenters. The molecular formula is C36H31F2N9O. The van der Waals surface area contributed by atoms with Gasteiger partial charge in [-0.15, -0.1) is 5.10 Å². The van der Waals surface area contributed by atoms with Gasteiger partial charge in [-0.2, -0.15) is 10.5 Å². The summed E-state index contributed by atoms with van der Waals surface area (Å²) in [6, 6.07) is 24.1. The Labute approximate surface area is 275 Å². The fraction of sp³-hybridized carbons (Fsp3) is 0.278. The fourth-order valence-electron chi connectivity index (χ4n) is 6.11. The number of rotatable bonds is 10. The van der Waals surface area contributed by atoms with Crippen LogP contribution in [-0.2, 0) is 0 Å². The second-order valence-corrected chi connectivity index (χ2v) is 12.3. The molecule has 2 aromatic heterocycles. The van der Waals surface area contributed by atoms with Gasteiger partial charge in [-0.25, -0.2) is 13.5 Å². The van der Waals surface area contributed by atoms with E-state index in [0.29, 0.717) is 44.7 Å². The van der Waals surface area contributed by atoms with E-state index in [-0.39, 0.29) is 17.6 Å². The van der Waals surface area contributed by atoms with Crippen LogP contribution in [-0.4, -0.2) is 49.8 Å². The molecule has 2 aliphatic rings. The molecule has 1 amide bonds. The highest BCUT2D eigenvalue weighted by atomic mass is 19.3. The minimum absolute atomic E-state index is 0.108. The zero-order valence-electron chi connectivity index (χ0n) is 26.1. The number of amides is 1. The molecule has 7 rings (SSSR count). The van der Waals surface area contributed by atoms with Gasteiger partial charge in [0.2, 0.25) is 0 Å². The molecule has 0 radical (unpaired) electrons. The highest BCUT2D eigenvalue weighted by Crippen LogP contribution is 2.38. The Hall–Kier alpha value is -5.88. The molecule has 12 heteroatoms. The van der Waals surface area contributed by atoms with Crippen molar-refractivity contribution in [1.29, 1.82) is 10.5 Å². The number of pyridine rings is 1. The number of anilines is 2. The first-order valence-corrected chi connectivity index (χ1v) is 15.8. The quantitative estimate of drug-likeness (QED) is 0.170. The van der Waals surface area contributed by atoms with Crippen molar-refractivity contribution >= 4 is 28.2 Å². The standard InChI is InChI=1S/C36H31F2N9O/c1-2-29(23-7-4-3-5-8-23)42-32-26(17-40)18-41-34-28(32)13-22(16-39)14-30(34)43-33(31-19-47(45-44-31)27-11-12-27)24-9-6-10-25(15-24)35(48)46-20-36(37,38)21-46/h3-10,13-15,18-19,27,29,33,43H,2,11-12,20-21H2,1H3,(H,41,42)/t29-,33+/m1/s1. The smallest absolute Gasteiger partial charge is 0.282 e. The summed E-state index contributed by atoms with van der Waals surface area (Å²) in [6.07, 6.45) is 6.12. The number of nitrogens with zero attached hydrogens (tertiary/aromatic N) is 7. The van der Waals surface area contributed by atoms with Crippen LogP contribution in [0.25, 0.3) is 10.9 Å². The molecule has 1 saturated heterocycles. The first-order chi connectivity index (χ1) is 23.3. The Balaban J connectivity index is 1.31. The third kappa shape index (κ3) is 6.00. The van der Waals surface area contributed by atoms with E-state index in [1.807, 2.05) is 47.3 Å². The van der Waals surface area contributed by atoms with Gasteiger partial charge < -0.3 is 15.5 Å². The number of nitrogens with one attached hydrogen (secondary N) is 2. The van der Waals surface area contributed by atoms with Gasteiger partial charge in [-0.05, 0) is 54.7 Å². The zero-order chi connectivity index (χ0) is 33.4. The molecule has 0 bridgehead atoms. The molecule has 1 aliphatic heterocycles. The SMILES string of the molecule is CC[C@@H](Nc1c(C#N)cnc2c(N[C@@H](c3cccc(C(=O)N4CC(F)(F)C4)c3)c3cn(C4CC4)nn3)cc(C#N)cc12)c1ccccc1. The van der Waals surface area contributed by atoms with Crippen LogP contribution in [0.5, 0.6) is 0 Å². The van der Waals surface area contributed by atoms with E-state index < -0.39 is 31.0 Å². The minimum atomic E-state index is -2.88. The summed E-state index contributed by atoms with van der Waals surface area (Å²) >= 11 is 0. The maximum Gasteiger partial charge on any atom is 0.282 e. The van der Waals surface area contributed by atoms with Crippen molar-refractivity contribution in [2.75, 3.05) is 23.7 Å². The Kier molecular flexibility index (Phi) is 7.93. The summed E-state index contributed by atoms with van der Waals surface area (Å²) in [5.41, 5.74) is 4.82.